The Balaban J connectivity index is 1.66. The first kappa shape index (κ1) is 19.7. The van der Waals surface area contributed by atoms with Gasteiger partial charge >= 0.3 is 0 Å². The monoisotopic (exact) mass is 386 g/mol. The molecule has 1 heterocycles. The van der Waals surface area contributed by atoms with Crippen LogP contribution in [0.3, 0.4) is 0 Å². The second-order valence-corrected chi connectivity index (χ2v) is 8.80. The lowest BCUT2D eigenvalue weighted by Gasteiger charge is -2.20. The van der Waals surface area contributed by atoms with Crippen molar-refractivity contribution in [3.05, 3.63) is 65.7 Å². The molecular weight excluding hydrogens is 360 g/mol. The average Bonchev–Trinajstić information content (AvgIpc) is 2.99. The molecule has 1 saturated heterocycles. The number of carbonyl (C=O) groups excluding carboxylic acids is 1. The zero-order chi connectivity index (χ0) is 19.1. The van der Waals surface area contributed by atoms with Crippen molar-refractivity contribution >= 4 is 15.8 Å². The quantitative estimate of drug-likeness (QED) is 0.742. The van der Waals surface area contributed by atoms with E-state index in [0.717, 1.165) is 31.2 Å². The summed E-state index contributed by atoms with van der Waals surface area (Å²) in [7, 11) is -3.54. The molecule has 144 valence electrons. The number of Topliss-reactive ketones (excluding diaryl/α,β-unsaturated/α-hetero) is 1. The van der Waals surface area contributed by atoms with Gasteiger partial charge in [-0.2, -0.15) is 4.31 Å². The molecule has 0 amide bonds. The number of nitrogens with zero attached hydrogens (tertiary/aromatic N) is 1. The van der Waals surface area contributed by atoms with E-state index in [1.54, 1.807) is 22.5 Å². The predicted molar refractivity (Wildman–Crippen MR) is 106 cm³/mol. The van der Waals surface area contributed by atoms with Crippen LogP contribution in [0.1, 0.15) is 41.6 Å². The van der Waals surface area contributed by atoms with Gasteiger partial charge in [0.1, 0.15) is 0 Å². The average molecular weight is 387 g/mol. The van der Waals surface area contributed by atoms with E-state index in [0.29, 0.717) is 25.2 Å². The fourth-order valence-corrected chi connectivity index (χ4v) is 4.84. The van der Waals surface area contributed by atoms with Crippen molar-refractivity contribution in [3.8, 4) is 0 Å². The lowest BCUT2D eigenvalue weighted by molar-refractivity contribution is 0.0990. The highest BCUT2D eigenvalue weighted by molar-refractivity contribution is 7.89. The molecule has 2 aromatic rings. The number of rotatable bonds is 7. The van der Waals surface area contributed by atoms with Crippen molar-refractivity contribution in [2.75, 3.05) is 19.6 Å². The van der Waals surface area contributed by atoms with Crippen molar-refractivity contribution in [1.82, 2.24) is 9.62 Å². The second kappa shape index (κ2) is 9.26. The van der Waals surface area contributed by atoms with Gasteiger partial charge in [-0.25, -0.2) is 8.42 Å². The van der Waals surface area contributed by atoms with Crippen LogP contribution in [0.15, 0.2) is 59.5 Å². The van der Waals surface area contributed by atoms with Gasteiger partial charge < -0.3 is 5.32 Å². The molecule has 0 aliphatic carbocycles. The summed E-state index contributed by atoms with van der Waals surface area (Å²) in [6.07, 6.45) is 3.91. The molecule has 0 bridgehead atoms. The number of sulfonamides is 1. The number of benzene rings is 2. The Bertz CT molecular complexity index is 858. The molecule has 27 heavy (non-hydrogen) atoms. The van der Waals surface area contributed by atoms with Gasteiger partial charge in [0, 0.05) is 25.2 Å². The van der Waals surface area contributed by atoms with Crippen LogP contribution in [-0.4, -0.2) is 38.1 Å². The molecule has 0 atom stereocenters. The highest BCUT2D eigenvalue weighted by Gasteiger charge is 2.25. The standard InChI is InChI=1S/C21H26N2O3S/c24-21(17-22-16-18-9-4-3-5-10-18)19-11-8-12-20(15-19)27(25,26)23-13-6-1-2-7-14-23/h3-5,8-12,15,22H,1-2,6-7,13-14,16-17H2. The lowest BCUT2D eigenvalue weighted by atomic mass is 10.1. The summed E-state index contributed by atoms with van der Waals surface area (Å²) in [5.41, 5.74) is 1.52. The molecule has 0 radical (unpaired) electrons. The van der Waals surface area contributed by atoms with Crippen molar-refractivity contribution in [3.63, 3.8) is 0 Å². The number of hydrogen-bond acceptors (Lipinski definition) is 4. The van der Waals surface area contributed by atoms with Gasteiger partial charge in [0.25, 0.3) is 0 Å². The molecule has 0 spiro atoms. The molecule has 1 N–H and O–H groups in total. The Morgan fingerprint density at radius 1 is 0.926 bits per heavy atom. The van der Waals surface area contributed by atoms with Gasteiger partial charge in [-0.15, -0.1) is 0 Å². The fraction of sp³-hybridized carbons (Fsp3) is 0.381. The van der Waals surface area contributed by atoms with Crippen molar-refractivity contribution < 1.29 is 13.2 Å². The van der Waals surface area contributed by atoms with Gasteiger partial charge in [-0.3, -0.25) is 4.79 Å². The first-order valence-electron chi connectivity index (χ1n) is 9.45. The van der Waals surface area contributed by atoms with E-state index in [2.05, 4.69) is 5.32 Å². The molecule has 2 aromatic carbocycles. The zero-order valence-electron chi connectivity index (χ0n) is 15.4. The van der Waals surface area contributed by atoms with Gasteiger partial charge in [-0.05, 0) is 30.5 Å². The van der Waals surface area contributed by atoms with E-state index < -0.39 is 10.0 Å². The molecule has 0 aromatic heterocycles. The topological polar surface area (TPSA) is 66.5 Å². The van der Waals surface area contributed by atoms with E-state index in [-0.39, 0.29) is 17.2 Å². The molecule has 0 saturated carbocycles. The lowest BCUT2D eigenvalue weighted by Crippen LogP contribution is -2.32. The van der Waals surface area contributed by atoms with E-state index in [4.69, 9.17) is 0 Å². The minimum absolute atomic E-state index is 0.112. The van der Waals surface area contributed by atoms with E-state index in [9.17, 15) is 13.2 Å². The summed E-state index contributed by atoms with van der Waals surface area (Å²) in [4.78, 5) is 12.7. The Morgan fingerprint density at radius 3 is 2.33 bits per heavy atom. The smallest absolute Gasteiger partial charge is 0.243 e. The summed E-state index contributed by atoms with van der Waals surface area (Å²) >= 11 is 0. The summed E-state index contributed by atoms with van der Waals surface area (Å²) in [5.74, 6) is -0.112. The molecule has 1 aliphatic heterocycles. The molecule has 6 heteroatoms. The van der Waals surface area contributed by atoms with Crippen LogP contribution in [0.2, 0.25) is 0 Å². The summed E-state index contributed by atoms with van der Waals surface area (Å²) < 4.78 is 27.4. The molecule has 5 nitrogen and oxygen atoms in total. The first-order chi connectivity index (χ1) is 13.1. The predicted octanol–water partition coefficient (Wildman–Crippen LogP) is 3.22. The maximum Gasteiger partial charge on any atom is 0.243 e. The van der Waals surface area contributed by atoms with Crippen LogP contribution < -0.4 is 5.32 Å². The maximum absolute atomic E-state index is 12.9. The molecule has 3 rings (SSSR count). The van der Waals surface area contributed by atoms with Crippen LogP contribution >= 0.6 is 0 Å². The second-order valence-electron chi connectivity index (χ2n) is 6.86. The van der Waals surface area contributed by atoms with Gasteiger partial charge in [0.15, 0.2) is 5.78 Å². The largest absolute Gasteiger partial charge is 0.306 e. The SMILES string of the molecule is O=C(CNCc1ccccc1)c1cccc(S(=O)(=O)N2CCCCCC2)c1. The summed E-state index contributed by atoms with van der Waals surface area (Å²) in [6, 6.07) is 16.2. The Hall–Kier alpha value is -2.02. The summed E-state index contributed by atoms with van der Waals surface area (Å²) in [6.45, 7) is 1.87. The van der Waals surface area contributed by atoms with Crippen LogP contribution in [0.5, 0.6) is 0 Å². The number of nitrogens with one attached hydrogen (secondary N) is 1. The van der Waals surface area contributed by atoms with Crippen molar-refractivity contribution in [2.24, 2.45) is 0 Å². The normalized spacial score (nSPS) is 16.0. The van der Waals surface area contributed by atoms with Crippen LogP contribution in [0, 0.1) is 0 Å². The highest BCUT2D eigenvalue weighted by atomic mass is 32.2. The van der Waals surface area contributed by atoms with Gasteiger partial charge in [-0.1, -0.05) is 55.3 Å². The summed E-state index contributed by atoms with van der Waals surface area (Å²) in [5, 5.41) is 3.12. The Kier molecular flexibility index (Phi) is 6.77. The van der Waals surface area contributed by atoms with Crippen LogP contribution in [0.25, 0.3) is 0 Å². The van der Waals surface area contributed by atoms with E-state index in [1.807, 2.05) is 30.3 Å². The molecule has 1 fully saturated rings. The fourth-order valence-electron chi connectivity index (χ4n) is 3.28. The maximum atomic E-state index is 12.9. The van der Waals surface area contributed by atoms with Gasteiger partial charge in [0.2, 0.25) is 10.0 Å². The first-order valence-corrected chi connectivity index (χ1v) is 10.9. The molecular formula is C21H26N2O3S. The minimum Gasteiger partial charge on any atom is -0.306 e. The molecule has 1 aliphatic rings. The van der Waals surface area contributed by atoms with Gasteiger partial charge in [0.05, 0.1) is 11.4 Å². The van der Waals surface area contributed by atoms with E-state index in [1.165, 1.54) is 6.07 Å². The van der Waals surface area contributed by atoms with Crippen molar-refractivity contribution in [2.45, 2.75) is 37.1 Å². The third kappa shape index (κ3) is 5.25. The third-order valence-corrected chi connectivity index (χ3v) is 6.71. The van der Waals surface area contributed by atoms with Crippen LogP contribution in [-0.2, 0) is 16.6 Å². The van der Waals surface area contributed by atoms with Crippen molar-refractivity contribution in [1.29, 1.82) is 0 Å². The Morgan fingerprint density at radius 2 is 1.63 bits per heavy atom. The number of hydrogen-bond donors (Lipinski definition) is 1. The van der Waals surface area contributed by atoms with Crippen LogP contribution in [0.4, 0.5) is 0 Å². The number of ketones is 1. The third-order valence-electron chi connectivity index (χ3n) is 4.82. The Labute approximate surface area is 161 Å². The number of carbonyl (C=O) groups is 1. The molecule has 0 unspecified atom stereocenters. The van der Waals surface area contributed by atoms with E-state index >= 15 is 0 Å². The zero-order valence-corrected chi connectivity index (χ0v) is 16.2. The minimum atomic E-state index is -3.54. The highest BCUT2D eigenvalue weighted by Crippen LogP contribution is 2.21.